The maximum Gasteiger partial charge on any atom is 0.338 e. The van der Waals surface area contributed by atoms with Gasteiger partial charge in [-0.1, -0.05) is 80.3 Å². The van der Waals surface area contributed by atoms with Crippen molar-refractivity contribution in [1.82, 2.24) is 0 Å². The molecule has 7 heteroatoms. The minimum atomic E-state index is -2.35. The topological polar surface area (TPSA) is 71.1 Å². The molecular weight excluding hydrogens is 496 g/mol. The van der Waals surface area contributed by atoms with Crippen LogP contribution in [0.25, 0.3) is 0 Å². The summed E-state index contributed by atoms with van der Waals surface area (Å²) in [6, 6.07) is 17.4. The van der Waals surface area contributed by atoms with Gasteiger partial charge in [-0.15, -0.1) is 0 Å². The molecule has 0 spiro atoms. The van der Waals surface area contributed by atoms with Crippen molar-refractivity contribution in [3.63, 3.8) is 0 Å². The first kappa shape index (κ1) is 26.2. The van der Waals surface area contributed by atoms with Gasteiger partial charge >= 0.3 is 11.9 Å². The van der Waals surface area contributed by atoms with Gasteiger partial charge in [-0.25, -0.2) is 9.59 Å². The number of ether oxygens (including phenoxy) is 4. The first-order valence-electron chi connectivity index (χ1n) is 12.9. The highest BCUT2D eigenvalue weighted by atomic mass is 28.3. The van der Waals surface area contributed by atoms with Crippen molar-refractivity contribution in [2.45, 2.75) is 50.1 Å². The van der Waals surface area contributed by atoms with Crippen LogP contribution in [-0.2, 0) is 39.7 Å². The lowest BCUT2D eigenvalue weighted by Crippen LogP contribution is -2.45. The van der Waals surface area contributed by atoms with Gasteiger partial charge in [0.25, 0.3) is 0 Å². The normalized spacial score (nSPS) is 24.5. The summed E-state index contributed by atoms with van der Waals surface area (Å²) in [6.07, 6.45) is 5.08. The predicted octanol–water partition coefficient (Wildman–Crippen LogP) is 5.70. The molecule has 3 aliphatic rings. The van der Waals surface area contributed by atoms with Gasteiger partial charge < -0.3 is 18.9 Å². The van der Waals surface area contributed by atoms with Gasteiger partial charge in [0.2, 0.25) is 0 Å². The van der Waals surface area contributed by atoms with Crippen molar-refractivity contribution in [3.8, 4) is 0 Å². The third-order valence-electron chi connectivity index (χ3n) is 7.77. The molecule has 0 fully saturated rings. The Morgan fingerprint density at radius 1 is 0.816 bits per heavy atom. The highest BCUT2D eigenvalue weighted by Crippen LogP contribution is 2.68. The molecule has 1 aliphatic carbocycles. The third kappa shape index (κ3) is 3.48. The number of benzene rings is 2. The van der Waals surface area contributed by atoms with E-state index < -0.39 is 31.2 Å². The largest absolute Gasteiger partial charge is 0.497 e. The van der Waals surface area contributed by atoms with Gasteiger partial charge in [-0.05, 0) is 41.5 Å². The van der Waals surface area contributed by atoms with E-state index in [4.69, 9.17) is 18.9 Å². The van der Waals surface area contributed by atoms with Crippen LogP contribution in [-0.4, -0.2) is 41.3 Å². The average molecular weight is 531 g/mol. The van der Waals surface area contributed by atoms with Gasteiger partial charge in [-0.3, -0.25) is 0 Å². The van der Waals surface area contributed by atoms with E-state index in [2.05, 4.69) is 25.7 Å². The molecule has 0 saturated heterocycles. The summed E-state index contributed by atoms with van der Waals surface area (Å²) >= 11 is 0. The smallest absolute Gasteiger partial charge is 0.338 e. The summed E-state index contributed by atoms with van der Waals surface area (Å²) in [5.74, 6) is -0.503. The summed E-state index contributed by atoms with van der Waals surface area (Å²) in [5.41, 5.74) is 1.05. The van der Waals surface area contributed by atoms with Crippen LogP contribution >= 0.6 is 0 Å². The molecule has 0 radical (unpaired) electrons. The second kappa shape index (κ2) is 9.40. The number of carbonyl (C=O) groups is 2. The molecule has 198 valence electrons. The van der Waals surface area contributed by atoms with Crippen LogP contribution in [0.5, 0.6) is 0 Å². The Labute approximate surface area is 224 Å². The average Bonchev–Trinajstić information content (AvgIpc) is 3.63. The molecule has 0 N–H and O–H groups in total. The number of hydrogen-bond donors (Lipinski definition) is 0. The summed E-state index contributed by atoms with van der Waals surface area (Å²) in [6.45, 7) is 6.64. The molecule has 2 aliphatic heterocycles. The lowest BCUT2D eigenvalue weighted by molar-refractivity contribution is -0.139. The Balaban J connectivity index is 2.02. The molecule has 2 bridgehead atoms. The van der Waals surface area contributed by atoms with Gasteiger partial charge in [0.05, 0.1) is 40.5 Å². The number of methoxy groups -OCH3 is 3. The van der Waals surface area contributed by atoms with Crippen LogP contribution in [0, 0.1) is 0 Å². The highest BCUT2D eigenvalue weighted by Gasteiger charge is 2.71. The van der Waals surface area contributed by atoms with Crippen molar-refractivity contribution >= 4 is 20.0 Å². The highest BCUT2D eigenvalue weighted by molar-refractivity contribution is 6.83. The lowest BCUT2D eigenvalue weighted by Gasteiger charge is -2.39. The Hall–Kier alpha value is -3.42. The lowest BCUT2D eigenvalue weighted by atomic mass is 9.69. The molecule has 0 amide bonds. The zero-order valence-corrected chi connectivity index (χ0v) is 23.8. The Morgan fingerprint density at radius 3 is 1.97 bits per heavy atom. The molecule has 2 unspecified atom stereocenters. The van der Waals surface area contributed by atoms with E-state index in [9.17, 15) is 9.59 Å². The summed E-state index contributed by atoms with van der Waals surface area (Å²) < 4.78 is 24.2. The summed E-state index contributed by atoms with van der Waals surface area (Å²) in [5, 5.41) is 0.908. The second-order valence-electron chi connectivity index (χ2n) is 10.9. The molecule has 2 heterocycles. The number of carbonyl (C=O) groups excluding carboxylic acids is 2. The zero-order valence-electron chi connectivity index (χ0n) is 22.8. The van der Waals surface area contributed by atoms with E-state index in [0.717, 1.165) is 52.5 Å². The van der Waals surface area contributed by atoms with Crippen molar-refractivity contribution in [1.29, 1.82) is 0 Å². The van der Waals surface area contributed by atoms with E-state index in [1.807, 2.05) is 54.6 Å². The second-order valence-corrected chi connectivity index (χ2v) is 15.9. The van der Waals surface area contributed by atoms with Gasteiger partial charge in [-0.2, -0.15) is 0 Å². The van der Waals surface area contributed by atoms with Crippen LogP contribution in [0.2, 0.25) is 19.6 Å². The van der Waals surface area contributed by atoms with Crippen molar-refractivity contribution in [3.05, 3.63) is 105 Å². The maximum atomic E-state index is 13.9. The first-order chi connectivity index (χ1) is 18.2. The Morgan fingerprint density at radius 2 is 1.42 bits per heavy atom. The fraction of sp³-hybridized carbons (Fsp3) is 0.355. The minimum Gasteiger partial charge on any atom is -0.497 e. The molecule has 2 aromatic carbocycles. The van der Waals surface area contributed by atoms with E-state index >= 15 is 0 Å². The van der Waals surface area contributed by atoms with E-state index in [1.165, 1.54) is 14.2 Å². The fourth-order valence-electron chi connectivity index (χ4n) is 6.50. The molecule has 6 nitrogen and oxygen atoms in total. The quantitative estimate of drug-likeness (QED) is 0.260. The molecule has 0 aromatic heterocycles. The van der Waals surface area contributed by atoms with E-state index in [1.54, 1.807) is 7.11 Å². The third-order valence-corrected chi connectivity index (χ3v) is 9.85. The molecular formula is C31H34O6Si. The zero-order chi connectivity index (χ0) is 27.3. The number of fused-ring (bicyclic) bond motifs is 5. The Bertz CT molecular complexity index is 1400. The van der Waals surface area contributed by atoms with Gasteiger partial charge in [0.15, 0.2) is 5.60 Å². The molecule has 2 atom stereocenters. The SMILES string of the molecule is COC(=O)C1=C(C(=O)OC)C2(c3ccccc3)OC1(/C(=C(\OC)C1=CCCC1)[Si](C)(C)C)c1ccccc12. The summed E-state index contributed by atoms with van der Waals surface area (Å²) in [4.78, 5) is 27.6. The molecule has 2 aromatic rings. The van der Waals surface area contributed by atoms with Crippen molar-refractivity contribution in [2.24, 2.45) is 0 Å². The van der Waals surface area contributed by atoms with Crippen LogP contribution in [0.3, 0.4) is 0 Å². The number of esters is 2. The molecule has 0 saturated carbocycles. The van der Waals surface area contributed by atoms with Crippen molar-refractivity contribution in [2.75, 3.05) is 21.3 Å². The number of allylic oxidation sites excluding steroid dienone is 2. The Kier molecular flexibility index (Phi) is 6.48. The van der Waals surface area contributed by atoms with Crippen molar-refractivity contribution < 1.29 is 28.5 Å². The molecule has 38 heavy (non-hydrogen) atoms. The predicted molar refractivity (Wildman–Crippen MR) is 147 cm³/mol. The first-order valence-corrected chi connectivity index (χ1v) is 16.4. The summed E-state index contributed by atoms with van der Waals surface area (Å²) in [7, 11) is 1.98. The van der Waals surface area contributed by atoms with Gasteiger partial charge in [0, 0.05) is 5.20 Å². The maximum absolute atomic E-state index is 13.9. The number of hydrogen-bond acceptors (Lipinski definition) is 6. The van der Waals surface area contributed by atoms with Crippen LogP contribution in [0.15, 0.2) is 88.3 Å². The van der Waals surface area contributed by atoms with Crippen LogP contribution in [0.4, 0.5) is 0 Å². The van der Waals surface area contributed by atoms with Gasteiger partial charge in [0.1, 0.15) is 11.4 Å². The number of rotatable bonds is 7. The minimum absolute atomic E-state index is 0.156. The van der Waals surface area contributed by atoms with Crippen LogP contribution in [0.1, 0.15) is 36.0 Å². The molecule has 5 rings (SSSR count). The van der Waals surface area contributed by atoms with Crippen LogP contribution < -0.4 is 0 Å². The van der Waals surface area contributed by atoms with E-state index in [-0.39, 0.29) is 11.1 Å². The van der Waals surface area contributed by atoms with E-state index in [0.29, 0.717) is 0 Å². The fourth-order valence-corrected chi connectivity index (χ4v) is 8.81. The standard InChI is InChI=1S/C31H34O6Si/c1-34-26(20-14-10-11-15-20)27(38(4,5)6)31-23-19-13-12-18-22(23)30(37-31,21-16-8-7-9-17-21)24(28(32)35-2)25(31)29(33)36-3/h7-9,12-14,16-19H,10-11,15H2,1-6H3/b27-26+. The monoisotopic (exact) mass is 530 g/mol.